The third-order valence-electron chi connectivity index (χ3n) is 3.42. The molecule has 0 aliphatic heterocycles. The molecule has 2 aromatic heterocycles. The van der Waals surface area contributed by atoms with Crippen molar-refractivity contribution in [2.75, 3.05) is 18.5 Å². The van der Waals surface area contributed by atoms with Gasteiger partial charge in [-0.05, 0) is 38.0 Å². The maximum absolute atomic E-state index is 12.4. The van der Waals surface area contributed by atoms with Crippen molar-refractivity contribution < 1.29 is 23.9 Å². The number of hydrogen-bond donors (Lipinski definition) is 1. The van der Waals surface area contributed by atoms with Gasteiger partial charge in [0.05, 0.1) is 18.8 Å². The van der Waals surface area contributed by atoms with Crippen LogP contribution >= 0.6 is 11.3 Å². The average molecular weight is 376 g/mol. The van der Waals surface area contributed by atoms with E-state index in [2.05, 4.69) is 10.3 Å². The molecule has 0 bridgehead atoms. The van der Waals surface area contributed by atoms with E-state index in [1.54, 1.807) is 26.0 Å². The molecule has 0 saturated heterocycles. The first kappa shape index (κ1) is 19.6. The maximum Gasteiger partial charge on any atom is 0.348 e. The van der Waals surface area contributed by atoms with Gasteiger partial charge in [0.25, 0.3) is 5.91 Å². The van der Waals surface area contributed by atoms with Crippen LogP contribution in [0.2, 0.25) is 0 Å². The third-order valence-corrected chi connectivity index (χ3v) is 4.61. The Bertz CT molecular complexity index is 801. The van der Waals surface area contributed by atoms with Crippen molar-refractivity contribution in [3.05, 3.63) is 46.1 Å². The summed E-state index contributed by atoms with van der Waals surface area (Å²) in [6.45, 7) is 5.67. The van der Waals surface area contributed by atoms with Crippen molar-refractivity contribution in [2.24, 2.45) is 0 Å². The van der Waals surface area contributed by atoms with E-state index >= 15 is 0 Å². The molecule has 0 atom stereocenters. The van der Waals surface area contributed by atoms with Crippen molar-refractivity contribution in [3.63, 3.8) is 0 Å². The lowest BCUT2D eigenvalue weighted by Crippen LogP contribution is -2.15. The van der Waals surface area contributed by atoms with Crippen LogP contribution in [0.5, 0.6) is 0 Å². The molecule has 0 saturated carbocycles. The van der Waals surface area contributed by atoms with Crippen LogP contribution in [-0.4, -0.2) is 36.0 Å². The second kappa shape index (κ2) is 9.10. The summed E-state index contributed by atoms with van der Waals surface area (Å²) in [5.41, 5.74) is 0.991. The van der Waals surface area contributed by atoms with Crippen LogP contribution < -0.4 is 5.32 Å². The Morgan fingerprint density at radius 1 is 1.12 bits per heavy atom. The normalized spacial score (nSPS) is 10.3. The van der Waals surface area contributed by atoms with E-state index in [0.29, 0.717) is 17.5 Å². The zero-order valence-corrected chi connectivity index (χ0v) is 15.6. The Balaban J connectivity index is 2.38. The number of esters is 2. The molecule has 0 aliphatic carbocycles. The van der Waals surface area contributed by atoms with Crippen molar-refractivity contribution >= 4 is 34.2 Å². The highest BCUT2D eigenvalue weighted by Crippen LogP contribution is 2.34. The van der Waals surface area contributed by atoms with Crippen molar-refractivity contribution in [1.82, 2.24) is 4.98 Å². The fourth-order valence-electron chi connectivity index (χ4n) is 2.18. The van der Waals surface area contributed by atoms with Crippen molar-refractivity contribution in [1.29, 1.82) is 0 Å². The number of aromatic nitrogens is 1. The van der Waals surface area contributed by atoms with Gasteiger partial charge in [0.2, 0.25) is 0 Å². The highest BCUT2D eigenvalue weighted by molar-refractivity contribution is 7.18. The minimum atomic E-state index is -0.582. The van der Waals surface area contributed by atoms with E-state index in [1.165, 1.54) is 12.4 Å². The number of thiophene rings is 1. The van der Waals surface area contributed by atoms with Crippen LogP contribution in [0.1, 0.15) is 56.2 Å². The van der Waals surface area contributed by atoms with E-state index in [1.807, 2.05) is 6.92 Å². The van der Waals surface area contributed by atoms with Gasteiger partial charge in [-0.1, -0.05) is 6.92 Å². The molecule has 2 aromatic rings. The first-order valence-electron chi connectivity index (χ1n) is 8.18. The second-order valence-electron chi connectivity index (χ2n) is 5.31. The lowest BCUT2D eigenvalue weighted by atomic mass is 10.1. The summed E-state index contributed by atoms with van der Waals surface area (Å²) in [5.74, 6) is -1.53. The zero-order chi connectivity index (χ0) is 19.1. The van der Waals surface area contributed by atoms with Gasteiger partial charge in [-0.3, -0.25) is 9.78 Å². The van der Waals surface area contributed by atoms with E-state index in [0.717, 1.165) is 11.3 Å². The number of amides is 1. The zero-order valence-electron chi connectivity index (χ0n) is 14.8. The molecule has 8 heteroatoms. The van der Waals surface area contributed by atoms with E-state index in [9.17, 15) is 14.4 Å². The van der Waals surface area contributed by atoms with Crippen LogP contribution in [-0.2, 0) is 9.47 Å². The van der Waals surface area contributed by atoms with E-state index in [4.69, 9.17) is 9.47 Å². The molecule has 0 radical (unpaired) electrons. The van der Waals surface area contributed by atoms with Crippen LogP contribution in [0.15, 0.2) is 24.5 Å². The van der Waals surface area contributed by atoms with Crippen molar-refractivity contribution in [3.8, 4) is 0 Å². The molecule has 0 aromatic carbocycles. The quantitative estimate of drug-likeness (QED) is 0.744. The molecule has 1 amide bonds. The number of rotatable bonds is 7. The van der Waals surface area contributed by atoms with E-state index < -0.39 is 17.8 Å². The average Bonchev–Trinajstić information content (AvgIpc) is 2.96. The first-order chi connectivity index (χ1) is 12.5. The van der Waals surface area contributed by atoms with Crippen molar-refractivity contribution in [2.45, 2.75) is 27.2 Å². The summed E-state index contributed by atoms with van der Waals surface area (Å²) >= 11 is 0.996. The predicted molar refractivity (Wildman–Crippen MR) is 97.8 cm³/mol. The number of nitrogens with zero attached hydrogens (tertiary/aromatic N) is 1. The Hall–Kier alpha value is -2.74. The topological polar surface area (TPSA) is 94.6 Å². The standard InChI is InChI=1S/C18H20N2O5S/c1-4-10-25-17(22)13-11(3)14(18(23)24-5-2)26-16(13)20-15(21)12-6-8-19-9-7-12/h6-9H,4-5,10H2,1-3H3,(H,20,21). The molecule has 0 fully saturated rings. The molecule has 0 aliphatic rings. The minimum Gasteiger partial charge on any atom is -0.462 e. The van der Waals surface area contributed by atoms with Gasteiger partial charge < -0.3 is 14.8 Å². The van der Waals surface area contributed by atoms with Crippen LogP contribution in [0.4, 0.5) is 5.00 Å². The van der Waals surface area contributed by atoms with Gasteiger partial charge in [-0.25, -0.2) is 9.59 Å². The monoisotopic (exact) mass is 376 g/mol. The molecular formula is C18H20N2O5S. The molecule has 2 rings (SSSR count). The highest BCUT2D eigenvalue weighted by Gasteiger charge is 2.27. The number of carbonyl (C=O) groups is 3. The van der Waals surface area contributed by atoms with Crippen LogP contribution in [0.25, 0.3) is 0 Å². The summed E-state index contributed by atoms with van der Waals surface area (Å²) < 4.78 is 10.2. The fraction of sp³-hybridized carbons (Fsp3) is 0.333. The number of nitrogens with one attached hydrogen (secondary N) is 1. The molecule has 138 valence electrons. The fourth-order valence-corrected chi connectivity index (χ4v) is 3.27. The van der Waals surface area contributed by atoms with E-state index in [-0.39, 0.29) is 28.7 Å². The molecule has 2 heterocycles. The van der Waals surface area contributed by atoms with Gasteiger partial charge in [0.15, 0.2) is 0 Å². The maximum atomic E-state index is 12.4. The minimum absolute atomic E-state index is 0.175. The summed E-state index contributed by atoms with van der Waals surface area (Å²) in [5, 5.41) is 2.94. The van der Waals surface area contributed by atoms with Gasteiger partial charge >= 0.3 is 11.9 Å². The Kier molecular flexibility index (Phi) is 6.85. The van der Waals surface area contributed by atoms with Gasteiger partial charge in [0, 0.05) is 18.0 Å². The lowest BCUT2D eigenvalue weighted by molar-refractivity contribution is 0.0506. The smallest absolute Gasteiger partial charge is 0.348 e. The number of ether oxygens (including phenoxy) is 2. The van der Waals surface area contributed by atoms with Gasteiger partial charge in [-0.2, -0.15) is 0 Å². The predicted octanol–water partition coefficient (Wildman–Crippen LogP) is 3.45. The summed E-state index contributed by atoms with van der Waals surface area (Å²) in [4.78, 5) is 41.1. The Labute approximate surface area is 155 Å². The molecule has 0 unspecified atom stereocenters. The number of pyridine rings is 1. The third kappa shape index (κ3) is 4.45. The number of carbonyl (C=O) groups excluding carboxylic acids is 3. The lowest BCUT2D eigenvalue weighted by Gasteiger charge is -2.07. The summed E-state index contributed by atoms with van der Waals surface area (Å²) in [6, 6.07) is 3.11. The van der Waals surface area contributed by atoms with Gasteiger partial charge in [-0.15, -0.1) is 11.3 Å². The Morgan fingerprint density at radius 3 is 2.42 bits per heavy atom. The first-order valence-corrected chi connectivity index (χ1v) is 9.00. The number of anilines is 1. The Morgan fingerprint density at radius 2 is 1.81 bits per heavy atom. The van der Waals surface area contributed by atoms with Crippen LogP contribution in [0.3, 0.4) is 0 Å². The molecule has 26 heavy (non-hydrogen) atoms. The largest absolute Gasteiger partial charge is 0.462 e. The van der Waals surface area contributed by atoms with Gasteiger partial charge in [0.1, 0.15) is 9.88 Å². The molecule has 7 nitrogen and oxygen atoms in total. The molecule has 0 spiro atoms. The second-order valence-corrected chi connectivity index (χ2v) is 6.33. The number of hydrogen-bond acceptors (Lipinski definition) is 7. The molecule has 1 N–H and O–H groups in total. The SMILES string of the molecule is CCCOC(=O)c1c(NC(=O)c2ccncc2)sc(C(=O)OCC)c1C. The molecular weight excluding hydrogens is 356 g/mol. The summed E-state index contributed by atoms with van der Waals surface area (Å²) in [6.07, 6.45) is 3.66. The van der Waals surface area contributed by atoms with Crippen LogP contribution in [0, 0.1) is 6.92 Å². The highest BCUT2D eigenvalue weighted by atomic mass is 32.1. The summed E-state index contributed by atoms with van der Waals surface area (Å²) in [7, 11) is 0.